The number of nitrogens with one attached hydrogen (secondary N) is 1. The lowest BCUT2D eigenvalue weighted by Crippen LogP contribution is -2.32. The number of ether oxygens (including phenoxy) is 1. The van der Waals surface area contributed by atoms with Gasteiger partial charge in [-0.15, -0.1) is 0 Å². The Bertz CT molecular complexity index is 376. The number of carbonyl (C=O) groups excluding carboxylic acids is 1. The predicted octanol–water partition coefficient (Wildman–Crippen LogP) is 1.85. The lowest BCUT2D eigenvalue weighted by molar-refractivity contribution is 0.131. The van der Waals surface area contributed by atoms with Crippen LogP contribution in [0.15, 0.2) is 42.5 Å². The van der Waals surface area contributed by atoms with Crippen molar-refractivity contribution < 1.29 is 14.6 Å². The number of amides is 1. The van der Waals surface area contributed by atoms with Gasteiger partial charge in [0.15, 0.2) is 0 Å². The van der Waals surface area contributed by atoms with Crippen LogP contribution in [0.4, 0.5) is 4.79 Å². The van der Waals surface area contributed by atoms with Gasteiger partial charge in [-0.05, 0) is 12.5 Å². The maximum atomic E-state index is 11.3. The Balaban J connectivity index is 2.24. The van der Waals surface area contributed by atoms with E-state index in [-0.39, 0.29) is 13.2 Å². The topological polar surface area (TPSA) is 58.6 Å². The lowest BCUT2D eigenvalue weighted by atomic mass is 10.2. The number of rotatable bonds is 5. The molecule has 1 amide bonds. The molecule has 2 N–H and O–H groups in total. The van der Waals surface area contributed by atoms with Crippen LogP contribution < -0.4 is 5.32 Å². The molecular formula is C13H17NO3. The van der Waals surface area contributed by atoms with E-state index in [2.05, 4.69) is 11.9 Å². The number of aliphatic hydroxyl groups excluding tert-OH is 1. The van der Waals surface area contributed by atoms with Gasteiger partial charge < -0.3 is 15.2 Å². The van der Waals surface area contributed by atoms with E-state index in [9.17, 15) is 9.90 Å². The zero-order valence-electron chi connectivity index (χ0n) is 9.85. The number of benzene rings is 1. The summed E-state index contributed by atoms with van der Waals surface area (Å²) < 4.78 is 4.97. The van der Waals surface area contributed by atoms with Gasteiger partial charge in [0, 0.05) is 0 Å². The molecule has 4 heteroatoms. The largest absolute Gasteiger partial charge is 0.445 e. The fourth-order valence-corrected chi connectivity index (χ4v) is 1.13. The average molecular weight is 235 g/mol. The summed E-state index contributed by atoms with van der Waals surface area (Å²) in [6, 6.07) is 9.39. The minimum absolute atomic E-state index is 0.114. The molecule has 0 aliphatic rings. The summed E-state index contributed by atoms with van der Waals surface area (Å²) in [5.74, 6) is 0. The van der Waals surface area contributed by atoms with Crippen molar-refractivity contribution in [3.63, 3.8) is 0 Å². The van der Waals surface area contributed by atoms with E-state index < -0.39 is 12.2 Å². The van der Waals surface area contributed by atoms with Crippen LogP contribution in [0.1, 0.15) is 12.5 Å². The van der Waals surface area contributed by atoms with Gasteiger partial charge in [0.05, 0.1) is 12.6 Å². The highest BCUT2D eigenvalue weighted by atomic mass is 16.5. The van der Waals surface area contributed by atoms with Gasteiger partial charge in [-0.25, -0.2) is 4.79 Å². The molecule has 0 saturated heterocycles. The van der Waals surface area contributed by atoms with Crippen molar-refractivity contribution in [2.24, 2.45) is 0 Å². The van der Waals surface area contributed by atoms with Gasteiger partial charge in [-0.3, -0.25) is 0 Å². The molecule has 0 aromatic heterocycles. The molecule has 0 bridgehead atoms. The Hall–Kier alpha value is -1.81. The standard InChI is InChI=1S/C13H17NO3/c1-10(2)12(15)8-14-13(16)17-9-11-6-4-3-5-7-11/h3-7,12,15H,1,8-9H2,2H3,(H,14,16)/t12-/m1/s1. The first-order chi connectivity index (χ1) is 8.09. The van der Waals surface area contributed by atoms with E-state index in [1.807, 2.05) is 30.3 Å². The maximum Gasteiger partial charge on any atom is 0.407 e. The molecule has 1 aromatic rings. The second-order valence-electron chi connectivity index (χ2n) is 3.80. The fraction of sp³-hybridized carbons (Fsp3) is 0.308. The van der Waals surface area contributed by atoms with Crippen molar-refractivity contribution in [2.45, 2.75) is 19.6 Å². The molecule has 0 saturated carbocycles. The van der Waals surface area contributed by atoms with Crippen LogP contribution in [0.5, 0.6) is 0 Å². The van der Waals surface area contributed by atoms with Gasteiger partial charge in [-0.2, -0.15) is 0 Å². The molecule has 92 valence electrons. The molecule has 1 aromatic carbocycles. The Morgan fingerprint density at radius 3 is 2.71 bits per heavy atom. The van der Waals surface area contributed by atoms with E-state index in [1.54, 1.807) is 6.92 Å². The summed E-state index contributed by atoms with van der Waals surface area (Å²) in [6.45, 7) is 5.61. The van der Waals surface area contributed by atoms with Crippen molar-refractivity contribution in [3.05, 3.63) is 48.0 Å². The van der Waals surface area contributed by atoms with E-state index in [4.69, 9.17) is 4.74 Å². The molecule has 1 atom stereocenters. The molecule has 0 spiro atoms. The molecule has 4 nitrogen and oxygen atoms in total. The van der Waals surface area contributed by atoms with Crippen molar-refractivity contribution in [2.75, 3.05) is 6.54 Å². The van der Waals surface area contributed by atoms with Crippen LogP contribution in [0.2, 0.25) is 0 Å². The van der Waals surface area contributed by atoms with Crippen LogP contribution in [0.25, 0.3) is 0 Å². The van der Waals surface area contributed by atoms with Crippen LogP contribution in [-0.4, -0.2) is 23.8 Å². The van der Waals surface area contributed by atoms with E-state index in [0.717, 1.165) is 5.56 Å². The molecule has 0 heterocycles. The highest BCUT2D eigenvalue weighted by Crippen LogP contribution is 2.01. The fourth-order valence-electron chi connectivity index (χ4n) is 1.13. The minimum atomic E-state index is -0.737. The Labute approximate surface area is 101 Å². The van der Waals surface area contributed by atoms with E-state index >= 15 is 0 Å². The molecule has 0 aliphatic carbocycles. The first kappa shape index (κ1) is 13.3. The lowest BCUT2D eigenvalue weighted by Gasteiger charge is -2.11. The summed E-state index contributed by atoms with van der Waals surface area (Å²) >= 11 is 0. The first-order valence-electron chi connectivity index (χ1n) is 5.37. The Morgan fingerprint density at radius 2 is 2.12 bits per heavy atom. The first-order valence-corrected chi connectivity index (χ1v) is 5.37. The smallest absolute Gasteiger partial charge is 0.407 e. The molecule has 17 heavy (non-hydrogen) atoms. The monoisotopic (exact) mass is 235 g/mol. The summed E-state index contributed by atoms with van der Waals surface area (Å²) in [7, 11) is 0. The predicted molar refractivity (Wildman–Crippen MR) is 65.5 cm³/mol. The van der Waals surface area contributed by atoms with Gasteiger partial charge in [0.2, 0.25) is 0 Å². The summed E-state index contributed by atoms with van der Waals surface area (Å²) in [4.78, 5) is 11.3. The highest BCUT2D eigenvalue weighted by Gasteiger charge is 2.07. The zero-order chi connectivity index (χ0) is 12.7. The normalized spacial score (nSPS) is 11.6. The van der Waals surface area contributed by atoms with Crippen molar-refractivity contribution in [1.82, 2.24) is 5.32 Å². The quantitative estimate of drug-likeness (QED) is 0.766. The summed E-state index contributed by atoms with van der Waals surface area (Å²) in [6.07, 6.45) is -1.28. The van der Waals surface area contributed by atoms with Gasteiger partial charge in [0.1, 0.15) is 6.61 Å². The Kier molecular flexibility index (Phi) is 5.23. The number of carbonyl (C=O) groups is 1. The van der Waals surface area contributed by atoms with Crippen LogP contribution in [0.3, 0.4) is 0 Å². The third-order valence-electron chi connectivity index (χ3n) is 2.22. The SMILES string of the molecule is C=C(C)[C@H](O)CNC(=O)OCc1ccccc1. The molecule has 0 radical (unpaired) electrons. The third-order valence-corrected chi connectivity index (χ3v) is 2.22. The third kappa shape index (κ3) is 5.17. The summed E-state index contributed by atoms with van der Waals surface area (Å²) in [5.41, 5.74) is 1.52. The highest BCUT2D eigenvalue weighted by molar-refractivity contribution is 5.67. The van der Waals surface area contributed by atoms with Gasteiger partial charge in [-0.1, -0.05) is 42.5 Å². The summed E-state index contributed by atoms with van der Waals surface area (Å²) in [5, 5.41) is 11.9. The van der Waals surface area contributed by atoms with E-state index in [1.165, 1.54) is 0 Å². The molecule has 0 unspecified atom stereocenters. The maximum absolute atomic E-state index is 11.3. The minimum Gasteiger partial charge on any atom is -0.445 e. The van der Waals surface area contributed by atoms with Crippen LogP contribution in [-0.2, 0) is 11.3 Å². The Morgan fingerprint density at radius 1 is 1.47 bits per heavy atom. The molecule has 0 fully saturated rings. The van der Waals surface area contributed by atoms with Crippen molar-refractivity contribution in [3.8, 4) is 0 Å². The molecule has 1 rings (SSSR count). The van der Waals surface area contributed by atoms with Crippen molar-refractivity contribution >= 4 is 6.09 Å². The van der Waals surface area contributed by atoms with Gasteiger partial charge in [0.25, 0.3) is 0 Å². The van der Waals surface area contributed by atoms with E-state index in [0.29, 0.717) is 5.57 Å². The second kappa shape index (κ2) is 6.70. The number of aliphatic hydroxyl groups is 1. The molecule has 0 aliphatic heterocycles. The average Bonchev–Trinajstić information content (AvgIpc) is 2.34. The van der Waals surface area contributed by atoms with Crippen LogP contribution >= 0.6 is 0 Å². The number of hydrogen-bond acceptors (Lipinski definition) is 3. The molecular weight excluding hydrogens is 218 g/mol. The number of alkyl carbamates (subject to hydrolysis) is 1. The van der Waals surface area contributed by atoms with Gasteiger partial charge >= 0.3 is 6.09 Å². The zero-order valence-corrected chi connectivity index (χ0v) is 9.85. The van der Waals surface area contributed by atoms with Crippen LogP contribution in [0, 0.1) is 0 Å². The second-order valence-corrected chi connectivity index (χ2v) is 3.80. The number of hydrogen-bond donors (Lipinski definition) is 2. The van der Waals surface area contributed by atoms with Crippen molar-refractivity contribution in [1.29, 1.82) is 0 Å².